The van der Waals surface area contributed by atoms with Crippen molar-refractivity contribution in [3.63, 3.8) is 0 Å². The lowest BCUT2D eigenvalue weighted by atomic mass is 9.73. The Morgan fingerprint density at radius 3 is 2.04 bits per heavy atom. The molecule has 2 aliphatic rings. The highest BCUT2D eigenvalue weighted by Gasteiger charge is 2.32. The molecule has 3 heteroatoms. The van der Waals surface area contributed by atoms with Crippen LogP contribution >= 0.6 is 0 Å². The summed E-state index contributed by atoms with van der Waals surface area (Å²) < 4.78 is 39.6. The maximum Gasteiger partial charge on any atom is 0.194 e. The normalized spacial score (nSPS) is 29.9. The van der Waals surface area contributed by atoms with Gasteiger partial charge in [0.15, 0.2) is 17.5 Å². The first kappa shape index (κ1) is 18.8. The van der Waals surface area contributed by atoms with E-state index in [-0.39, 0.29) is 0 Å². The molecule has 2 aliphatic carbocycles. The van der Waals surface area contributed by atoms with Crippen LogP contribution in [0.15, 0.2) is 12.1 Å². The predicted molar refractivity (Wildman–Crippen MR) is 95.8 cm³/mol. The first-order chi connectivity index (χ1) is 12.1. The topological polar surface area (TPSA) is 0 Å². The van der Waals surface area contributed by atoms with Gasteiger partial charge in [-0.2, -0.15) is 0 Å². The van der Waals surface area contributed by atoms with Crippen molar-refractivity contribution < 1.29 is 13.2 Å². The summed E-state index contributed by atoms with van der Waals surface area (Å²) >= 11 is 0. The van der Waals surface area contributed by atoms with Gasteiger partial charge in [0.1, 0.15) is 0 Å². The quantitative estimate of drug-likeness (QED) is 0.481. The van der Waals surface area contributed by atoms with Crippen LogP contribution in [-0.2, 0) is 6.42 Å². The van der Waals surface area contributed by atoms with Crippen LogP contribution in [0.1, 0.15) is 76.7 Å². The Balaban J connectivity index is 1.42. The Hall–Kier alpha value is -0.990. The summed E-state index contributed by atoms with van der Waals surface area (Å²) in [4.78, 5) is 0. The van der Waals surface area contributed by atoms with E-state index in [1.54, 1.807) is 0 Å². The molecular formula is C22H31F3. The van der Waals surface area contributed by atoms with Gasteiger partial charge in [0.25, 0.3) is 0 Å². The predicted octanol–water partition coefficient (Wildman–Crippen LogP) is 7.06. The van der Waals surface area contributed by atoms with Crippen LogP contribution in [0, 0.1) is 41.1 Å². The molecule has 0 aromatic heterocycles. The third-order valence-corrected chi connectivity index (χ3v) is 6.72. The van der Waals surface area contributed by atoms with E-state index < -0.39 is 17.5 Å². The molecule has 1 aromatic rings. The van der Waals surface area contributed by atoms with Gasteiger partial charge in [-0.15, -0.1) is 0 Å². The highest BCUT2D eigenvalue weighted by Crippen LogP contribution is 2.44. The van der Waals surface area contributed by atoms with Crippen molar-refractivity contribution in [1.29, 1.82) is 0 Å². The molecular weight excluding hydrogens is 321 g/mol. The SMILES string of the molecule is CCCC1CCC(C2CCC(CCc3cc(F)c(F)c(F)c3)CC2)C1. The molecule has 2 saturated carbocycles. The van der Waals surface area contributed by atoms with Gasteiger partial charge in [0.2, 0.25) is 0 Å². The van der Waals surface area contributed by atoms with Gasteiger partial charge in [0, 0.05) is 0 Å². The smallest absolute Gasteiger partial charge is 0.194 e. The van der Waals surface area contributed by atoms with Crippen LogP contribution < -0.4 is 0 Å². The van der Waals surface area contributed by atoms with Crippen molar-refractivity contribution in [3.05, 3.63) is 35.1 Å². The second kappa shape index (κ2) is 8.60. The Kier molecular flexibility index (Phi) is 6.46. The van der Waals surface area contributed by atoms with Gasteiger partial charge in [-0.3, -0.25) is 0 Å². The fraction of sp³-hybridized carbons (Fsp3) is 0.727. The lowest BCUT2D eigenvalue weighted by molar-refractivity contribution is 0.196. The van der Waals surface area contributed by atoms with E-state index in [1.807, 2.05) is 0 Å². The zero-order chi connectivity index (χ0) is 17.8. The summed E-state index contributed by atoms with van der Waals surface area (Å²) in [5.41, 5.74) is 0.580. The molecule has 0 nitrogen and oxygen atoms in total. The average Bonchev–Trinajstić information content (AvgIpc) is 3.07. The summed E-state index contributed by atoms with van der Waals surface area (Å²) in [6.45, 7) is 2.29. The molecule has 3 rings (SSSR count). The maximum absolute atomic E-state index is 13.3. The second-order valence-corrected chi connectivity index (χ2v) is 8.42. The molecule has 2 unspecified atom stereocenters. The number of halogens is 3. The molecule has 2 atom stereocenters. The van der Waals surface area contributed by atoms with E-state index in [0.717, 1.165) is 36.3 Å². The van der Waals surface area contributed by atoms with Crippen molar-refractivity contribution in [2.45, 2.75) is 77.6 Å². The number of hydrogen-bond acceptors (Lipinski definition) is 0. The van der Waals surface area contributed by atoms with E-state index >= 15 is 0 Å². The summed E-state index contributed by atoms with van der Waals surface area (Å²) in [7, 11) is 0. The largest absolute Gasteiger partial charge is 0.204 e. The molecule has 0 heterocycles. The molecule has 0 aliphatic heterocycles. The standard InChI is InChI=1S/C22H31F3/c1-2-3-16-8-11-19(12-16)18-9-6-15(7-10-18)4-5-17-13-20(23)22(25)21(24)14-17/h13-16,18-19H,2-12H2,1H3. The van der Waals surface area contributed by atoms with Crippen molar-refractivity contribution in [1.82, 2.24) is 0 Å². The van der Waals surface area contributed by atoms with Crippen molar-refractivity contribution in [3.8, 4) is 0 Å². The Labute approximate surface area is 150 Å². The fourth-order valence-corrected chi connectivity index (χ4v) is 5.28. The van der Waals surface area contributed by atoms with Gasteiger partial charge in [-0.05, 0) is 79.9 Å². The van der Waals surface area contributed by atoms with Crippen molar-refractivity contribution in [2.24, 2.45) is 23.7 Å². The van der Waals surface area contributed by atoms with Crippen molar-refractivity contribution in [2.75, 3.05) is 0 Å². The van der Waals surface area contributed by atoms with E-state index in [9.17, 15) is 13.2 Å². The molecule has 0 bridgehead atoms. The third kappa shape index (κ3) is 4.80. The molecule has 0 spiro atoms. The minimum atomic E-state index is -1.36. The van der Waals surface area contributed by atoms with Gasteiger partial charge in [0.05, 0.1) is 0 Å². The number of aryl methyl sites for hydroxylation is 1. The van der Waals surface area contributed by atoms with E-state index in [4.69, 9.17) is 0 Å². The van der Waals surface area contributed by atoms with Gasteiger partial charge >= 0.3 is 0 Å². The summed E-state index contributed by atoms with van der Waals surface area (Å²) in [6, 6.07) is 2.30. The zero-order valence-corrected chi connectivity index (χ0v) is 15.4. The molecule has 0 saturated heterocycles. The third-order valence-electron chi connectivity index (χ3n) is 6.72. The lowest BCUT2D eigenvalue weighted by Gasteiger charge is -2.32. The molecule has 0 amide bonds. The van der Waals surface area contributed by atoms with Gasteiger partial charge in [-0.25, -0.2) is 13.2 Å². The summed E-state index contributed by atoms with van der Waals surface area (Å²) in [5.74, 6) is -0.0294. The Morgan fingerprint density at radius 1 is 0.800 bits per heavy atom. The van der Waals surface area contributed by atoms with Gasteiger partial charge in [-0.1, -0.05) is 39.0 Å². The molecule has 25 heavy (non-hydrogen) atoms. The monoisotopic (exact) mass is 352 g/mol. The highest BCUT2D eigenvalue weighted by molar-refractivity contribution is 5.19. The Morgan fingerprint density at radius 2 is 1.40 bits per heavy atom. The van der Waals surface area contributed by atoms with Crippen LogP contribution in [0.3, 0.4) is 0 Å². The zero-order valence-electron chi connectivity index (χ0n) is 15.4. The van der Waals surface area contributed by atoms with Crippen LogP contribution in [0.5, 0.6) is 0 Å². The van der Waals surface area contributed by atoms with Gasteiger partial charge < -0.3 is 0 Å². The van der Waals surface area contributed by atoms with Crippen LogP contribution in [-0.4, -0.2) is 0 Å². The summed E-state index contributed by atoms with van der Waals surface area (Å²) in [5, 5.41) is 0. The van der Waals surface area contributed by atoms with E-state index in [2.05, 4.69) is 6.92 Å². The lowest BCUT2D eigenvalue weighted by Crippen LogP contribution is -2.21. The molecule has 1 aromatic carbocycles. The van der Waals surface area contributed by atoms with Crippen LogP contribution in [0.4, 0.5) is 13.2 Å². The minimum absolute atomic E-state index is 0.580. The number of hydrogen-bond donors (Lipinski definition) is 0. The second-order valence-electron chi connectivity index (χ2n) is 8.42. The minimum Gasteiger partial charge on any atom is -0.204 e. The summed E-state index contributed by atoms with van der Waals surface area (Å²) in [6.07, 6.45) is 13.7. The average molecular weight is 352 g/mol. The maximum atomic E-state index is 13.3. The van der Waals surface area contributed by atoms with E-state index in [0.29, 0.717) is 17.9 Å². The number of rotatable bonds is 6. The fourth-order valence-electron chi connectivity index (χ4n) is 5.28. The first-order valence-electron chi connectivity index (χ1n) is 10.2. The number of benzene rings is 1. The highest BCUT2D eigenvalue weighted by atomic mass is 19.2. The van der Waals surface area contributed by atoms with Crippen molar-refractivity contribution >= 4 is 0 Å². The Bertz CT molecular complexity index is 537. The first-order valence-corrected chi connectivity index (χ1v) is 10.2. The van der Waals surface area contributed by atoms with Crippen LogP contribution in [0.25, 0.3) is 0 Å². The molecule has 0 N–H and O–H groups in total. The van der Waals surface area contributed by atoms with Crippen LogP contribution in [0.2, 0.25) is 0 Å². The molecule has 140 valence electrons. The molecule has 2 fully saturated rings. The van der Waals surface area contributed by atoms with E-state index in [1.165, 1.54) is 57.8 Å². The molecule has 0 radical (unpaired) electrons.